The molecule has 0 rings (SSSR count). The van der Waals surface area contributed by atoms with Crippen LogP contribution in [0.15, 0.2) is 0 Å². The van der Waals surface area contributed by atoms with Crippen molar-refractivity contribution in [2.75, 3.05) is 0 Å². The van der Waals surface area contributed by atoms with Crippen molar-refractivity contribution in [1.29, 1.82) is 10.5 Å². The first-order chi connectivity index (χ1) is 5.83. The van der Waals surface area contributed by atoms with Crippen molar-refractivity contribution in [3.63, 3.8) is 0 Å². The molecule has 7 heteroatoms. The predicted molar refractivity (Wildman–Crippen MR) is 55.2 cm³/mol. The summed E-state index contributed by atoms with van der Waals surface area (Å²) in [6.07, 6.45) is 1.25. The van der Waals surface area contributed by atoms with Gasteiger partial charge in [-0.3, -0.25) is 0 Å². The maximum absolute atomic E-state index is 7.62. The SMILES string of the molecule is CCC#N.CCC#N.[Cl][Mo]([Cl])([Cl])[Cl]. The fraction of sp³-hybridized carbons (Fsp3) is 0.667. The van der Waals surface area contributed by atoms with Crippen LogP contribution in [-0.4, -0.2) is 0 Å². The van der Waals surface area contributed by atoms with Gasteiger partial charge in [-0.25, -0.2) is 0 Å². The van der Waals surface area contributed by atoms with Crippen molar-refractivity contribution < 1.29 is 11.9 Å². The van der Waals surface area contributed by atoms with Crippen LogP contribution < -0.4 is 0 Å². The van der Waals surface area contributed by atoms with Gasteiger partial charge in [-0.05, 0) is 0 Å². The molecule has 13 heavy (non-hydrogen) atoms. The van der Waals surface area contributed by atoms with E-state index in [0.29, 0.717) is 12.8 Å². The monoisotopic (exact) mass is 348 g/mol. The Morgan fingerprint density at radius 3 is 1.00 bits per heavy atom. The van der Waals surface area contributed by atoms with Crippen molar-refractivity contribution in [3.8, 4) is 12.1 Å². The van der Waals surface area contributed by atoms with E-state index in [1.54, 1.807) is 0 Å². The quantitative estimate of drug-likeness (QED) is 0.601. The average molecular weight is 348 g/mol. The van der Waals surface area contributed by atoms with Gasteiger partial charge in [0, 0.05) is 12.8 Å². The van der Waals surface area contributed by atoms with E-state index in [2.05, 4.69) is 0 Å². The Morgan fingerprint density at radius 2 is 1.00 bits per heavy atom. The van der Waals surface area contributed by atoms with Crippen LogP contribution >= 0.6 is 37.7 Å². The number of halogens is 4. The molecular weight excluding hydrogens is 338 g/mol. The van der Waals surface area contributed by atoms with E-state index in [-0.39, 0.29) is 0 Å². The second kappa shape index (κ2) is 15.3. The van der Waals surface area contributed by atoms with E-state index in [1.165, 1.54) is 0 Å². The molecule has 0 unspecified atom stereocenters. The van der Waals surface area contributed by atoms with Gasteiger partial charge in [0.15, 0.2) is 0 Å². The molecule has 2 nitrogen and oxygen atoms in total. The molecule has 0 fully saturated rings. The standard InChI is InChI=1S/2C3H5N.4ClH.Mo/c2*1-2-3-4;;;;;/h2*2H2,1H3;4*1H;/q;;;;;;+4/p-4. The van der Waals surface area contributed by atoms with Crippen molar-refractivity contribution in [3.05, 3.63) is 0 Å². The van der Waals surface area contributed by atoms with Gasteiger partial charge in [0.1, 0.15) is 0 Å². The molecular formula is C6H10Cl4MoN2. The topological polar surface area (TPSA) is 47.6 Å². The van der Waals surface area contributed by atoms with Crippen LogP contribution in [0.2, 0.25) is 0 Å². The Hall–Kier alpha value is 0.828. The second-order valence-corrected chi connectivity index (χ2v) is 19.7. The second-order valence-electron chi connectivity index (χ2n) is 1.37. The molecule has 0 aromatic rings. The maximum atomic E-state index is 7.62. The Bertz CT molecular complexity index is 147. The van der Waals surface area contributed by atoms with Gasteiger partial charge in [-0.2, -0.15) is 10.5 Å². The molecule has 0 aliphatic heterocycles. The normalized spacial score (nSPS) is 8.92. The average Bonchev–Trinajstić information content (AvgIpc) is 2.01. The summed E-state index contributed by atoms with van der Waals surface area (Å²) in [7, 11) is 20.1. The summed E-state index contributed by atoms with van der Waals surface area (Å²) in [5, 5.41) is 15.2. The minimum absolute atomic E-state index is 0.625. The molecule has 0 saturated heterocycles. The number of hydrogen-bond acceptors (Lipinski definition) is 2. The van der Waals surface area contributed by atoms with Gasteiger partial charge in [-0.15, -0.1) is 0 Å². The Balaban J connectivity index is -0.000000117. The Labute approximate surface area is 98.2 Å². The molecule has 0 atom stereocenters. The third-order valence-corrected chi connectivity index (χ3v) is 0.316. The number of nitrogens with zero attached hydrogens (tertiary/aromatic N) is 2. The summed E-state index contributed by atoms with van der Waals surface area (Å²) >= 11 is -3.13. The molecule has 0 aliphatic carbocycles. The van der Waals surface area contributed by atoms with E-state index in [4.69, 9.17) is 48.2 Å². The zero-order valence-corrected chi connectivity index (χ0v) is 12.3. The van der Waals surface area contributed by atoms with Gasteiger partial charge in [0.2, 0.25) is 0 Å². The molecule has 0 bridgehead atoms. The number of rotatable bonds is 0. The first kappa shape index (κ1) is 19.4. The molecule has 0 radical (unpaired) electrons. The van der Waals surface area contributed by atoms with Crippen LogP contribution in [0.4, 0.5) is 0 Å². The summed E-state index contributed by atoms with van der Waals surface area (Å²) < 4.78 is 0. The molecule has 0 saturated carbocycles. The van der Waals surface area contributed by atoms with Crippen LogP contribution in [0.5, 0.6) is 0 Å². The van der Waals surface area contributed by atoms with Gasteiger partial charge in [0.25, 0.3) is 0 Å². The third-order valence-electron chi connectivity index (χ3n) is 0.316. The van der Waals surface area contributed by atoms with E-state index in [0.717, 1.165) is 0 Å². The Kier molecular flexibility index (Phi) is 22.9. The molecule has 0 spiro atoms. The number of hydrogen-bond donors (Lipinski definition) is 0. The van der Waals surface area contributed by atoms with Crippen molar-refractivity contribution >= 4 is 37.7 Å². The molecule has 78 valence electrons. The van der Waals surface area contributed by atoms with Crippen LogP contribution in [0.25, 0.3) is 0 Å². The Morgan fingerprint density at radius 1 is 0.923 bits per heavy atom. The summed E-state index contributed by atoms with van der Waals surface area (Å²) in [5.41, 5.74) is 0. The van der Waals surface area contributed by atoms with E-state index >= 15 is 0 Å². The fourth-order valence-electron chi connectivity index (χ4n) is 0. The van der Waals surface area contributed by atoms with Crippen molar-refractivity contribution in [2.45, 2.75) is 26.7 Å². The van der Waals surface area contributed by atoms with E-state index < -0.39 is 11.9 Å². The van der Waals surface area contributed by atoms with Gasteiger partial charge >= 0.3 is 49.6 Å². The first-order valence-electron chi connectivity index (χ1n) is 3.19. The van der Waals surface area contributed by atoms with Crippen molar-refractivity contribution in [1.82, 2.24) is 0 Å². The van der Waals surface area contributed by atoms with E-state index in [9.17, 15) is 0 Å². The van der Waals surface area contributed by atoms with Gasteiger partial charge in [-0.1, -0.05) is 13.8 Å². The van der Waals surface area contributed by atoms with Crippen molar-refractivity contribution in [2.24, 2.45) is 0 Å². The first-order valence-corrected chi connectivity index (χ1v) is 13.5. The molecule has 0 aliphatic rings. The minimum atomic E-state index is -3.13. The summed E-state index contributed by atoms with van der Waals surface area (Å²) in [4.78, 5) is 0. The molecule has 0 aromatic heterocycles. The zero-order chi connectivity index (χ0) is 11.3. The van der Waals surface area contributed by atoms with Gasteiger partial charge < -0.3 is 0 Å². The van der Waals surface area contributed by atoms with E-state index in [1.807, 2.05) is 26.0 Å². The molecule has 0 aromatic carbocycles. The molecule has 0 amide bonds. The fourth-order valence-corrected chi connectivity index (χ4v) is 0. The van der Waals surface area contributed by atoms with Crippen LogP contribution in [0.1, 0.15) is 26.7 Å². The number of nitriles is 2. The predicted octanol–water partition coefficient (Wildman–Crippen LogP) is 4.60. The van der Waals surface area contributed by atoms with Gasteiger partial charge in [0.05, 0.1) is 12.1 Å². The summed E-state index contributed by atoms with van der Waals surface area (Å²) in [6.45, 7) is 3.64. The third kappa shape index (κ3) is 188. The van der Waals surface area contributed by atoms with Crippen LogP contribution in [-0.2, 0) is 11.9 Å². The molecule has 0 N–H and O–H groups in total. The zero-order valence-electron chi connectivity index (χ0n) is 7.23. The van der Waals surface area contributed by atoms with Crippen LogP contribution in [0, 0.1) is 22.7 Å². The van der Waals surface area contributed by atoms with Crippen LogP contribution in [0.3, 0.4) is 0 Å². The summed E-state index contributed by atoms with van der Waals surface area (Å²) in [6, 6.07) is 3.86. The summed E-state index contributed by atoms with van der Waals surface area (Å²) in [5.74, 6) is 0. The molecule has 0 heterocycles.